The van der Waals surface area contributed by atoms with Crippen LogP contribution in [-0.2, 0) is 6.54 Å². The van der Waals surface area contributed by atoms with Crippen LogP contribution in [0.4, 0.5) is 14.5 Å². The van der Waals surface area contributed by atoms with E-state index in [2.05, 4.69) is 27.4 Å². The van der Waals surface area contributed by atoms with E-state index in [9.17, 15) is 13.6 Å². The molecule has 0 aliphatic carbocycles. The minimum Gasteiger partial charge on any atom is -0.364 e. The van der Waals surface area contributed by atoms with Crippen molar-refractivity contribution in [1.29, 1.82) is 0 Å². The lowest BCUT2D eigenvalue weighted by Gasteiger charge is -2.38. The topological polar surface area (TPSA) is 66.8 Å². The Morgan fingerprint density at radius 1 is 1.16 bits per heavy atom. The summed E-state index contributed by atoms with van der Waals surface area (Å²) in [6, 6.07) is 9.01. The highest BCUT2D eigenvalue weighted by atomic mass is 19.2. The molecule has 2 aromatic carbocycles. The average molecular weight is 435 g/mol. The number of fused-ring (bicyclic) bond motifs is 1. The molecule has 0 spiro atoms. The van der Waals surface area contributed by atoms with Gasteiger partial charge in [0.2, 0.25) is 0 Å². The number of rotatable bonds is 5. The molecule has 8 heteroatoms. The predicted molar refractivity (Wildman–Crippen MR) is 119 cm³/mol. The maximum atomic E-state index is 14.7. The van der Waals surface area contributed by atoms with Crippen LogP contribution in [-0.4, -0.2) is 38.3 Å². The van der Waals surface area contributed by atoms with Gasteiger partial charge in [-0.1, -0.05) is 6.07 Å². The van der Waals surface area contributed by atoms with Gasteiger partial charge in [0.05, 0.1) is 29.2 Å². The smallest absolute Gasteiger partial charge is 0.182 e. The Balaban J connectivity index is 1.41. The van der Waals surface area contributed by atoms with E-state index < -0.39 is 17.2 Å². The third-order valence-electron chi connectivity index (χ3n) is 6.77. The van der Waals surface area contributed by atoms with Gasteiger partial charge in [0.15, 0.2) is 17.9 Å². The predicted octanol–water partition coefficient (Wildman–Crippen LogP) is 4.82. The van der Waals surface area contributed by atoms with Gasteiger partial charge in [0.1, 0.15) is 0 Å². The number of nitrogens with zero attached hydrogens (tertiary/aromatic N) is 4. The Labute approximate surface area is 183 Å². The molecule has 1 unspecified atom stereocenters. The molecule has 32 heavy (non-hydrogen) atoms. The number of benzene rings is 2. The number of aromatic nitrogens is 4. The number of nitrogens with one attached hydrogen (secondary N) is 1. The number of hydrogen-bond donors (Lipinski definition) is 1. The Hall–Kier alpha value is -3.55. The number of carbonyl (C=O) groups excluding carboxylic acids is 1. The summed E-state index contributed by atoms with van der Waals surface area (Å²) in [5, 5.41) is 12.5. The highest BCUT2D eigenvalue weighted by Crippen LogP contribution is 2.41. The van der Waals surface area contributed by atoms with Gasteiger partial charge in [-0.25, -0.2) is 8.78 Å². The number of anilines is 1. The molecule has 1 N–H and O–H groups in total. The first-order valence-electron chi connectivity index (χ1n) is 10.6. The van der Waals surface area contributed by atoms with Crippen molar-refractivity contribution in [2.75, 3.05) is 11.4 Å². The monoisotopic (exact) mass is 435 g/mol. The summed E-state index contributed by atoms with van der Waals surface area (Å²) in [6.07, 6.45) is 6.64. The molecule has 1 aliphatic rings. The van der Waals surface area contributed by atoms with Gasteiger partial charge in [-0.3, -0.25) is 14.6 Å². The lowest BCUT2D eigenvalue weighted by atomic mass is 9.88. The average Bonchev–Trinajstić information content (AvgIpc) is 3.51. The summed E-state index contributed by atoms with van der Waals surface area (Å²) in [5.41, 5.74) is 2.61. The molecule has 1 atom stereocenters. The number of aromatic amines is 1. The molecule has 164 valence electrons. The first-order valence-corrected chi connectivity index (χ1v) is 10.6. The first kappa shape index (κ1) is 20.4. The second kappa shape index (κ2) is 7.55. The summed E-state index contributed by atoms with van der Waals surface area (Å²) in [4.78, 5) is 12.8. The van der Waals surface area contributed by atoms with E-state index in [4.69, 9.17) is 0 Å². The summed E-state index contributed by atoms with van der Waals surface area (Å²) in [7, 11) is 0. The van der Waals surface area contributed by atoms with Crippen molar-refractivity contribution < 1.29 is 13.6 Å². The molecule has 1 aliphatic heterocycles. The van der Waals surface area contributed by atoms with Gasteiger partial charge in [0, 0.05) is 41.7 Å². The third-order valence-corrected chi connectivity index (χ3v) is 6.77. The van der Waals surface area contributed by atoms with Crippen LogP contribution in [0.5, 0.6) is 0 Å². The number of halogens is 2. The highest BCUT2D eigenvalue weighted by molar-refractivity contribution is 5.84. The van der Waals surface area contributed by atoms with E-state index in [0.29, 0.717) is 19.4 Å². The fourth-order valence-electron chi connectivity index (χ4n) is 4.78. The Morgan fingerprint density at radius 2 is 2.00 bits per heavy atom. The number of aldehydes is 1. The molecule has 4 aromatic rings. The molecule has 5 rings (SSSR count). The molecule has 3 heterocycles. The first-order chi connectivity index (χ1) is 15.4. The van der Waals surface area contributed by atoms with Crippen molar-refractivity contribution in [3.8, 4) is 11.1 Å². The second-order valence-corrected chi connectivity index (χ2v) is 8.80. The summed E-state index contributed by atoms with van der Waals surface area (Å²) in [5.74, 6) is -1.89. The number of hydrogen-bond acceptors (Lipinski definition) is 4. The van der Waals surface area contributed by atoms with Gasteiger partial charge in [0.25, 0.3) is 0 Å². The van der Waals surface area contributed by atoms with Crippen molar-refractivity contribution >= 4 is 22.9 Å². The van der Waals surface area contributed by atoms with Gasteiger partial charge in [-0.15, -0.1) is 0 Å². The molecule has 2 aromatic heterocycles. The summed E-state index contributed by atoms with van der Waals surface area (Å²) < 4.78 is 30.9. The zero-order valence-corrected chi connectivity index (χ0v) is 17.8. The standard InChI is InChI=1S/C24H23F2N5O/c1-24(2)19(7-8-30(24)21-6-4-16(14-32)22(25)23(21)26)13-31-20-5-3-15(9-17(20)12-29-31)18-10-27-28-11-18/h3-6,9-12,14,19H,7-8,13H2,1-2H3,(H,27,28). The summed E-state index contributed by atoms with van der Waals surface area (Å²) in [6.45, 7) is 5.34. The molecular weight excluding hydrogens is 412 g/mol. The molecule has 0 radical (unpaired) electrons. The Kier molecular flexibility index (Phi) is 4.80. The molecule has 0 amide bonds. The van der Waals surface area contributed by atoms with E-state index >= 15 is 0 Å². The van der Waals surface area contributed by atoms with Crippen LogP contribution in [0.1, 0.15) is 30.6 Å². The number of carbonyl (C=O) groups is 1. The van der Waals surface area contributed by atoms with Crippen LogP contribution < -0.4 is 4.90 Å². The minimum atomic E-state index is -1.09. The Morgan fingerprint density at radius 3 is 2.75 bits per heavy atom. The second-order valence-electron chi connectivity index (χ2n) is 8.80. The maximum Gasteiger partial charge on any atom is 0.182 e. The lowest BCUT2D eigenvalue weighted by molar-refractivity contribution is 0.111. The zero-order valence-electron chi connectivity index (χ0n) is 17.8. The van der Waals surface area contributed by atoms with Crippen LogP contribution in [0, 0.1) is 17.6 Å². The maximum absolute atomic E-state index is 14.7. The summed E-state index contributed by atoms with van der Waals surface area (Å²) >= 11 is 0. The zero-order chi connectivity index (χ0) is 22.5. The van der Waals surface area contributed by atoms with Crippen molar-refractivity contribution in [2.45, 2.75) is 32.4 Å². The largest absolute Gasteiger partial charge is 0.364 e. The molecule has 0 bridgehead atoms. The normalized spacial score (nSPS) is 17.9. The highest BCUT2D eigenvalue weighted by Gasteiger charge is 2.43. The molecular formula is C24H23F2N5O. The van der Waals surface area contributed by atoms with Crippen LogP contribution in [0.3, 0.4) is 0 Å². The minimum absolute atomic E-state index is 0.173. The fraction of sp³-hybridized carbons (Fsp3) is 0.292. The van der Waals surface area contributed by atoms with Gasteiger partial charge in [-0.05, 0) is 50.1 Å². The van der Waals surface area contributed by atoms with Crippen LogP contribution in [0.2, 0.25) is 0 Å². The quantitative estimate of drug-likeness (QED) is 0.457. The lowest BCUT2D eigenvalue weighted by Crippen LogP contribution is -2.44. The van der Waals surface area contributed by atoms with Crippen LogP contribution >= 0.6 is 0 Å². The van der Waals surface area contributed by atoms with Crippen LogP contribution in [0.25, 0.3) is 22.0 Å². The molecule has 1 saturated heterocycles. The fourth-order valence-corrected chi connectivity index (χ4v) is 4.78. The van der Waals surface area contributed by atoms with E-state index in [-0.39, 0.29) is 17.2 Å². The Bertz CT molecular complexity index is 1300. The van der Waals surface area contributed by atoms with E-state index in [1.165, 1.54) is 12.1 Å². The van der Waals surface area contributed by atoms with Gasteiger partial charge in [-0.2, -0.15) is 10.2 Å². The van der Waals surface area contributed by atoms with Crippen molar-refractivity contribution in [1.82, 2.24) is 20.0 Å². The van der Waals surface area contributed by atoms with E-state index in [1.54, 1.807) is 6.20 Å². The van der Waals surface area contributed by atoms with E-state index in [1.807, 2.05) is 41.9 Å². The van der Waals surface area contributed by atoms with Gasteiger partial charge < -0.3 is 4.90 Å². The van der Waals surface area contributed by atoms with Crippen molar-refractivity contribution in [2.24, 2.45) is 5.92 Å². The molecule has 1 fully saturated rings. The van der Waals surface area contributed by atoms with E-state index in [0.717, 1.165) is 28.5 Å². The number of H-pyrrole nitrogens is 1. The SMILES string of the molecule is CC1(C)C(Cn2ncc3cc(-c4cn[nH]c4)ccc32)CCN1c1ccc(C=O)c(F)c1F. The van der Waals surface area contributed by atoms with Crippen molar-refractivity contribution in [3.63, 3.8) is 0 Å². The van der Waals surface area contributed by atoms with Gasteiger partial charge >= 0.3 is 0 Å². The molecule has 6 nitrogen and oxygen atoms in total. The van der Waals surface area contributed by atoms with Crippen molar-refractivity contribution in [3.05, 3.63) is 66.1 Å². The molecule has 0 saturated carbocycles. The third kappa shape index (κ3) is 3.18. The van der Waals surface area contributed by atoms with Crippen LogP contribution in [0.15, 0.2) is 48.9 Å².